The molecule has 0 aliphatic carbocycles. The number of pyridine rings is 1. The zero-order valence-electron chi connectivity index (χ0n) is 22.9. The van der Waals surface area contributed by atoms with E-state index in [1.807, 2.05) is 0 Å². The highest BCUT2D eigenvalue weighted by Crippen LogP contribution is 2.37. The van der Waals surface area contributed by atoms with E-state index in [1.54, 1.807) is 36.0 Å². The van der Waals surface area contributed by atoms with Crippen LogP contribution in [0.4, 0.5) is 5.82 Å². The molecule has 13 heteroatoms. The number of nitrogens with one attached hydrogen (secondary N) is 2. The highest BCUT2D eigenvalue weighted by atomic mass is 32.2. The summed E-state index contributed by atoms with van der Waals surface area (Å²) in [5.41, 5.74) is 0.196. The molecule has 1 atom stereocenters. The van der Waals surface area contributed by atoms with Crippen LogP contribution in [-0.4, -0.2) is 58.0 Å². The smallest absolute Gasteiger partial charge is 0.268 e. The van der Waals surface area contributed by atoms with Gasteiger partial charge in [0.2, 0.25) is 5.88 Å². The van der Waals surface area contributed by atoms with Crippen molar-refractivity contribution < 1.29 is 17.9 Å². The number of nitrogens with zero attached hydrogens (tertiary/aromatic N) is 5. The monoisotopic (exact) mass is 563 g/mol. The Kier molecular flexibility index (Phi) is 8.23. The molecule has 1 fully saturated rings. The molecule has 2 N–H and O–H groups in total. The molecule has 1 amide bonds. The predicted molar refractivity (Wildman–Crippen MR) is 150 cm³/mol. The van der Waals surface area contributed by atoms with E-state index in [9.17, 15) is 13.2 Å². The number of aromatic nitrogens is 5. The first kappa shape index (κ1) is 29.5. The maximum atomic E-state index is 13.3. The number of anilines is 1. The lowest BCUT2D eigenvalue weighted by atomic mass is 9.97. The molecular weight excluding hydrogens is 526 g/mol. The number of carbonyl (C=O) groups excluding carboxylic acids is 1. The third-order valence-corrected chi connectivity index (χ3v) is 7.63. The summed E-state index contributed by atoms with van der Waals surface area (Å²) < 4.78 is 35.3. The molecule has 0 saturated carbocycles. The fourth-order valence-corrected chi connectivity index (χ4v) is 5.66. The van der Waals surface area contributed by atoms with Crippen LogP contribution in [0.1, 0.15) is 64.0 Å². The Balaban J connectivity index is 0.00000400. The number of hydrogen-bond donors (Lipinski definition) is 2. The van der Waals surface area contributed by atoms with E-state index in [-0.39, 0.29) is 34.9 Å². The molecule has 1 aliphatic rings. The number of aryl methyl sites for hydroxylation is 1. The van der Waals surface area contributed by atoms with Gasteiger partial charge in [-0.15, -0.1) is 5.10 Å². The normalized spacial score (nSPS) is 17.2. The summed E-state index contributed by atoms with van der Waals surface area (Å²) in [6.45, 7) is 15.3. The summed E-state index contributed by atoms with van der Waals surface area (Å²) in [4.78, 5) is 20.1. The molecule has 3 aromatic heterocycles. The van der Waals surface area contributed by atoms with Crippen molar-refractivity contribution >= 4 is 35.2 Å². The standard InChI is InChI=1S/C25H35N7O4S.H2S/c1-16-12-25(6,7)31(14-16)22-18(23(33)30-37(34,35)19-13-26-28-17(19)2)8-9-20(27-22)32-11-10-21(29-32)36-15-24(3,4)5;/h8-11,13,16H,12,14-15H2,1-7H3,(H,26,28)(H,30,33);1H2/t16-;/m0./s1. The average molecular weight is 564 g/mol. The van der Waals surface area contributed by atoms with Gasteiger partial charge in [-0.25, -0.2) is 22.8 Å². The van der Waals surface area contributed by atoms with Crippen LogP contribution in [0, 0.1) is 18.3 Å². The number of carbonyl (C=O) groups is 1. The van der Waals surface area contributed by atoms with E-state index in [2.05, 4.69) is 66.5 Å². The molecule has 0 aromatic carbocycles. The highest BCUT2D eigenvalue weighted by Gasteiger charge is 2.39. The summed E-state index contributed by atoms with van der Waals surface area (Å²) in [5.74, 6) is 0.962. The second kappa shape index (κ2) is 10.6. The Bertz CT molecular complexity index is 1410. The number of aromatic amines is 1. The molecule has 0 radical (unpaired) electrons. The summed E-state index contributed by atoms with van der Waals surface area (Å²) in [6.07, 6.45) is 3.82. The van der Waals surface area contributed by atoms with Crippen molar-refractivity contribution in [2.75, 3.05) is 18.1 Å². The average Bonchev–Trinajstić information content (AvgIpc) is 3.49. The van der Waals surface area contributed by atoms with Gasteiger partial charge in [0.05, 0.1) is 24.1 Å². The zero-order valence-corrected chi connectivity index (χ0v) is 24.7. The van der Waals surface area contributed by atoms with Gasteiger partial charge >= 0.3 is 0 Å². The molecule has 0 bridgehead atoms. The predicted octanol–water partition coefficient (Wildman–Crippen LogP) is 3.58. The number of rotatable bonds is 7. The SMILES string of the molecule is Cc1[nH]ncc1S(=O)(=O)NC(=O)c1ccc(-n2ccc(OCC(C)(C)C)n2)nc1N1C[C@@H](C)CC1(C)C.S. The number of sulfonamides is 1. The van der Waals surface area contributed by atoms with Crippen LogP contribution in [0.25, 0.3) is 5.82 Å². The fraction of sp³-hybridized carbons (Fsp3) is 0.520. The number of hydrogen-bond acceptors (Lipinski definition) is 8. The first-order valence-corrected chi connectivity index (χ1v) is 13.7. The molecule has 11 nitrogen and oxygen atoms in total. The molecule has 208 valence electrons. The summed E-state index contributed by atoms with van der Waals surface area (Å²) in [6, 6.07) is 4.98. The molecule has 1 saturated heterocycles. The van der Waals surface area contributed by atoms with Gasteiger partial charge in [-0.1, -0.05) is 27.7 Å². The van der Waals surface area contributed by atoms with Crippen molar-refractivity contribution in [2.45, 2.75) is 65.3 Å². The largest absolute Gasteiger partial charge is 0.476 e. The fourth-order valence-electron chi connectivity index (χ4n) is 4.55. The minimum absolute atomic E-state index is 0. The first-order chi connectivity index (χ1) is 17.2. The van der Waals surface area contributed by atoms with Crippen molar-refractivity contribution in [3.05, 3.63) is 41.9 Å². The van der Waals surface area contributed by atoms with Gasteiger partial charge in [0, 0.05) is 24.3 Å². The van der Waals surface area contributed by atoms with Crippen molar-refractivity contribution in [2.24, 2.45) is 11.3 Å². The molecule has 1 aliphatic heterocycles. The molecule has 38 heavy (non-hydrogen) atoms. The van der Waals surface area contributed by atoms with E-state index in [0.29, 0.717) is 42.3 Å². The Morgan fingerprint density at radius 1 is 1.26 bits per heavy atom. The molecule has 4 heterocycles. The van der Waals surface area contributed by atoms with Crippen molar-refractivity contribution in [1.82, 2.24) is 29.7 Å². The van der Waals surface area contributed by atoms with E-state index in [1.165, 1.54) is 6.20 Å². The van der Waals surface area contributed by atoms with E-state index < -0.39 is 15.9 Å². The van der Waals surface area contributed by atoms with Crippen LogP contribution < -0.4 is 14.4 Å². The minimum Gasteiger partial charge on any atom is -0.476 e. The first-order valence-electron chi connectivity index (χ1n) is 12.2. The van der Waals surface area contributed by atoms with Crippen LogP contribution in [0.15, 0.2) is 35.5 Å². The summed E-state index contributed by atoms with van der Waals surface area (Å²) >= 11 is 0. The van der Waals surface area contributed by atoms with Gasteiger partial charge in [-0.3, -0.25) is 9.89 Å². The van der Waals surface area contributed by atoms with Crippen LogP contribution in [-0.2, 0) is 10.0 Å². The minimum atomic E-state index is -4.13. The lowest BCUT2D eigenvalue weighted by Crippen LogP contribution is -2.41. The third-order valence-electron chi connectivity index (χ3n) is 6.19. The van der Waals surface area contributed by atoms with Gasteiger partial charge in [0.25, 0.3) is 15.9 Å². The summed E-state index contributed by atoms with van der Waals surface area (Å²) in [5, 5.41) is 10.8. The Labute approximate surface area is 230 Å². The highest BCUT2D eigenvalue weighted by molar-refractivity contribution is 7.90. The molecular formula is C25H37N7O4S2. The maximum absolute atomic E-state index is 13.3. The second-order valence-corrected chi connectivity index (χ2v) is 13.2. The molecule has 0 spiro atoms. The third kappa shape index (κ3) is 6.32. The van der Waals surface area contributed by atoms with Gasteiger partial charge in [-0.05, 0) is 50.7 Å². The van der Waals surface area contributed by atoms with E-state index in [0.717, 1.165) is 6.42 Å². The van der Waals surface area contributed by atoms with Crippen LogP contribution >= 0.6 is 13.5 Å². The lowest BCUT2D eigenvalue weighted by molar-refractivity contribution is 0.0981. The molecule has 0 unspecified atom stereocenters. The second-order valence-electron chi connectivity index (χ2n) is 11.5. The van der Waals surface area contributed by atoms with Gasteiger partial charge in [0.1, 0.15) is 10.7 Å². The Hall–Kier alpha value is -3.06. The molecule has 3 aromatic rings. The zero-order chi connectivity index (χ0) is 27.2. The number of H-pyrrole nitrogens is 1. The van der Waals surface area contributed by atoms with Crippen LogP contribution in [0.2, 0.25) is 0 Å². The van der Waals surface area contributed by atoms with Crippen molar-refractivity contribution in [3.63, 3.8) is 0 Å². The van der Waals surface area contributed by atoms with E-state index in [4.69, 9.17) is 9.72 Å². The topological polar surface area (TPSA) is 135 Å². The van der Waals surface area contributed by atoms with Crippen molar-refractivity contribution in [1.29, 1.82) is 0 Å². The van der Waals surface area contributed by atoms with Crippen molar-refractivity contribution in [3.8, 4) is 11.7 Å². The number of amides is 1. The maximum Gasteiger partial charge on any atom is 0.268 e. The van der Waals surface area contributed by atoms with Crippen LogP contribution in [0.5, 0.6) is 5.88 Å². The quantitative estimate of drug-likeness (QED) is 0.445. The lowest BCUT2D eigenvalue weighted by Gasteiger charge is -2.34. The van der Waals surface area contributed by atoms with Gasteiger partial charge in [0.15, 0.2) is 5.82 Å². The summed E-state index contributed by atoms with van der Waals surface area (Å²) in [7, 11) is -4.13. The van der Waals surface area contributed by atoms with E-state index >= 15 is 0 Å². The van der Waals surface area contributed by atoms with Gasteiger partial charge in [-0.2, -0.15) is 18.6 Å². The Morgan fingerprint density at radius 3 is 2.55 bits per heavy atom. The molecule has 4 rings (SSSR count). The van der Waals surface area contributed by atoms with Crippen LogP contribution in [0.3, 0.4) is 0 Å². The Morgan fingerprint density at radius 2 is 1.97 bits per heavy atom. The number of ether oxygens (including phenoxy) is 1. The van der Waals surface area contributed by atoms with Gasteiger partial charge < -0.3 is 9.64 Å².